The molecule has 2 saturated heterocycles. The van der Waals surface area contributed by atoms with E-state index in [1.165, 1.54) is 0 Å². The van der Waals surface area contributed by atoms with Gasteiger partial charge in [-0.2, -0.15) is 0 Å². The predicted molar refractivity (Wildman–Crippen MR) is 57.7 cm³/mol. The lowest BCUT2D eigenvalue weighted by Crippen LogP contribution is -2.44. The number of amides is 1. The van der Waals surface area contributed by atoms with Crippen LogP contribution in [0.4, 0.5) is 0 Å². The summed E-state index contributed by atoms with van der Waals surface area (Å²) in [4.78, 5) is 13.7. The maximum atomic E-state index is 11.8. The summed E-state index contributed by atoms with van der Waals surface area (Å²) in [5.41, 5.74) is 0. The zero-order chi connectivity index (χ0) is 10.5. The molecule has 0 aromatic heterocycles. The zero-order valence-electron chi connectivity index (χ0n) is 9.21. The molecule has 1 N–H and O–H groups in total. The van der Waals surface area contributed by atoms with Gasteiger partial charge in [-0.1, -0.05) is 0 Å². The minimum atomic E-state index is 0.227. The Morgan fingerprint density at radius 1 is 1.40 bits per heavy atom. The SMILES string of the molecule is O=C1CNCCCCN1CC1CCCO1. The highest BCUT2D eigenvalue weighted by atomic mass is 16.5. The number of hydrogen-bond donors (Lipinski definition) is 1. The first-order chi connectivity index (χ1) is 7.36. The predicted octanol–water partition coefficient (Wildman–Crippen LogP) is 0.377. The van der Waals surface area contributed by atoms with Gasteiger partial charge in [0.25, 0.3) is 0 Å². The van der Waals surface area contributed by atoms with Crippen LogP contribution in [0.15, 0.2) is 0 Å². The molecule has 0 bridgehead atoms. The van der Waals surface area contributed by atoms with Crippen LogP contribution in [-0.2, 0) is 9.53 Å². The number of nitrogens with one attached hydrogen (secondary N) is 1. The van der Waals surface area contributed by atoms with Crippen molar-refractivity contribution in [3.8, 4) is 0 Å². The lowest BCUT2D eigenvalue weighted by atomic mass is 10.2. The highest BCUT2D eigenvalue weighted by molar-refractivity contribution is 5.78. The molecule has 2 fully saturated rings. The number of rotatable bonds is 2. The number of ether oxygens (including phenoxy) is 1. The summed E-state index contributed by atoms with van der Waals surface area (Å²) in [6.45, 7) is 4.03. The molecule has 1 unspecified atom stereocenters. The first-order valence-corrected chi connectivity index (χ1v) is 5.96. The molecule has 0 aromatic carbocycles. The van der Waals surface area contributed by atoms with Gasteiger partial charge in [-0.25, -0.2) is 0 Å². The Labute approximate surface area is 91.0 Å². The van der Waals surface area contributed by atoms with Crippen LogP contribution < -0.4 is 5.32 Å². The molecule has 0 spiro atoms. The van der Waals surface area contributed by atoms with Gasteiger partial charge in [-0.15, -0.1) is 0 Å². The fourth-order valence-corrected chi connectivity index (χ4v) is 2.21. The largest absolute Gasteiger partial charge is 0.376 e. The smallest absolute Gasteiger partial charge is 0.236 e. The van der Waals surface area contributed by atoms with E-state index in [1.807, 2.05) is 4.90 Å². The fourth-order valence-electron chi connectivity index (χ4n) is 2.21. The van der Waals surface area contributed by atoms with Crippen LogP contribution in [0.5, 0.6) is 0 Å². The standard InChI is InChI=1S/C11H20N2O2/c14-11-8-12-5-1-2-6-13(11)9-10-4-3-7-15-10/h10,12H,1-9H2. The van der Waals surface area contributed by atoms with Gasteiger partial charge in [0.05, 0.1) is 12.6 Å². The summed E-state index contributed by atoms with van der Waals surface area (Å²) in [5.74, 6) is 0.227. The maximum Gasteiger partial charge on any atom is 0.236 e. The van der Waals surface area contributed by atoms with Gasteiger partial charge in [0.15, 0.2) is 0 Å². The van der Waals surface area contributed by atoms with Gasteiger partial charge in [-0.3, -0.25) is 4.79 Å². The van der Waals surface area contributed by atoms with Gasteiger partial charge in [0.2, 0.25) is 5.91 Å². The third-order valence-corrected chi connectivity index (χ3v) is 3.11. The van der Waals surface area contributed by atoms with Crippen LogP contribution in [0.2, 0.25) is 0 Å². The molecule has 0 aliphatic carbocycles. The molecule has 15 heavy (non-hydrogen) atoms. The molecular formula is C11H20N2O2. The van der Waals surface area contributed by atoms with Crippen LogP contribution in [-0.4, -0.2) is 49.7 Å². The summed E-state index contributed by atoms with van der Waals surface area (Å²) in [7, 11) is 0. The van der Waals surface area contributed by atoms with Gasteiger partial charge < -0.3 is 15.0 Å². The van der Waals surface area contributed by atoms with Crippen LogP contribution in [0.1, 0.15) is 25.7 Å². The molecule has 4 nitrogen and oxygen atoms in total. The van der Waals surface area contributed by atoms with Crippen molar-refractivity contribution in [1.29, 1.82) is 0 Å². The number of carbonyl (C=O) groups is 1. The van der Waals surface area contributed by atoms with E-state index in [0.717, 1.165) is 51.9 Å². The second kappa shape index (κ2) is 5.47. The van der Waals surface area contributed by atoms with E-state index in [1.54, 1.807) is 0 Å². The molecule has 1 amide bonds. The Bertz CT molecular complexity index is 215. The molecule has 2 aliphatic rings. The second-order valence-electron chi connectivity index (χ2n) is 4.36. The van der Waals surface area contributed by atoms with Crippen LogP contribution in [0.3, 0.4) is 0 Å². The van der Waals surface area contributed by atoms with E-state index in [0.29, 0.717) is 6.54 Å². The minimum Gasteiger partial charge on any atom is -0.376 e. The summed E-state index contributed by atoms with van der Waals surface area (Å²) in [5, 5.41) is 3.16. The quantitative estimate of drug-likeness (QED) is 0.719. The Hall–Kier alpha value is -0.610. The van der Waals surface area contributed by atoms with Crippen molar-refractivity contribution in [2.45, 2.75) is 31.8 Å². The third kappa shape index (κ3) is 3.18. The van der Waals surface area contributed by atoms with Gasteiger partial charge in [0.1, 0.15) is 0 Å². The Morgan fingerprint density at radius 3 is 3.13 bits per heavy atom. The Morgan fingerprint density at radius 2 is 2.33 bits per heavy atom. The van der Waals surface area contributed by atoms with E-state index in [2.05, 4.69) is 5.32 Å². The van der Waals surface area contributed by atoms with Crippen molar-refractivity contribution in [2.75, 3.05) is 32.8 Å². The number of nitrogens with zero attached hydrogens (tertiary/aromatic N) is 1. The summed E-state index contributed by atoms with van der Waals surface area (Å²) >= 11 is 0. The topological polar surface area (TPSA) is 41.6 Å². The van der Waals surface area contributed by atoms with Gasteiger partial charge in [-0.05, 0) is 32.2 Å². The lowest BCUT2D eigenvalue weighted by molar-refractivity contribution is -0.132. The Balaban J connectivity index is 1.83. The normalized spacial score (nSPS) is 28.9. The van der Waals surface area contributed by atoms with Crippen molar-refractivity contribution < 1.29 is 9.53 Å². The summed E-state index contributed by atoms with van der Waals surface area (Å²) in [6, 6.07) is 0. The molecule has 2 heterocycles. The summed E-state index contributed by atoms with van der Waals surface area (Å²) in [6.07, 6.45) is 4.80. The van der Waals surface area contributed by atoms with Crippen molar-refractivity contribution in [2.24, 2.45) is 0 Å². The molecule has 0 saturated carbocycles. The molecule has 1 atom stereocenters. The number of carbonyl (C=O) groups excluding carboxylic acids is 1. The zero-order valence-corrected chi connectivity index (χ0v) is 9.21. The second-order valence-corrected chi connectivity index (χ2v) is 4.36. The highest BCUT2D eigenvalue weighted by Gasteiger charge is 2.22. The maximum absolute atomic E-state index is 11.8. The molecule has 4 heteroatoms. The monoisotopic (exact) mass is 212 g/mol. The van der Waals surface area contributed by atoms with E-state index in [9.17, 15) is 4.79 Å². The first-order valence-electron chi connectivity index (χ1n) is 5.96. The highest BCUT2D eigenvalue weighted by Crippen LogP contribution is 2.14. The lowest BCUT2D eigenvalue weighted by Gasteiger charge is -2.27. The van der Waals surface area contributed by atoms with Crippen molar-refractivity contribution in [3.05, 3.63) is 0 Å². The fraction of sp³-hybridized carbons (Fsp3) is 0.909. The molecule has 86 valence electrons. The Kier molecular flexibility index (Phi) is 3.97. The molecule has 2 aliphatic heterocycles. The van der Waals surface area contributed by atoms with Crippen molar-refractivity contribution >= 4 is 5.91 Å². The van der Waals surface area contributed by atoms with Gasteiger partial charge >= 0.3 is 0 Å². The van der Waals surface area contributed by atoms with Gasteiger partial charge in [0, 0.05) is 19.7 Å². The van der Waals surface area contributed by atoms with Crippen molar-refractivity contribution in [3.63, 3.8) is 0 Å². The van der Waals surface area contributed by atoms with Crippen LogP contribution in [0.25, 0.3) is 0 Å². The van der Waals surface area contributed by atoms with Crippen LogP contribution >= 0.6 is 0 Å². The number of hydrogen-bond acceptors (Lipinski definition) is 3. The van der Waals surface area contributed by atoms with E-state index in [4.69, 9.17) is 4.74 Å². The molecule has 0 radical (unpaired) electrons. The summed E-state index contributed by atoms with van der Waals surface area (Å²) < 4.78 is 5.56. The average Bonchev–Trinajstić information content (AvgIpc) is 2.70. The van der Waals surface area contributed by atoms with Crippen molar-refractivity contribution in [1.82, 2.24) is 10.2 Å². The van der Waals surface area contributed by atoms with E-state index in [-0.39, 0.29) is 12.0 Å². The van der Waals surface area contributed by atoms with Crippen LogP contribution in [0, 0.1) is 0 Å². The minimum absolute atomic E-state index is 0.227. The molecule has 0 aromatic rings. The third-order valence-electron chi connectivity index (χ3n) is 3.11. The average molecular weight is 212 g/mol. The van der Waals surface area contributed by atoms with E-state index >= 15 is 0 Å². The van der Waals surface area contributed by atoms with E-state index < -0.39 is 0 Å². The first kappa shape index (κ1) is 10.9. The molecule has 2 rings (SSSR count). The molecular weight excluding hydrogens is 192 g/mol.